The fourth-order valence-corrected chi connectivity index (χ4v) is 3.96. The van der Waals surface area contributed by atoms with Crippen molar-refractivity contribution in [2.45, 2.75) is 11.3 Å². The molecule has 0 saturated carbocycles. The van der Waals surface area contributed by atoms with E-state index < -0.39 is 15.7 Å². The van der Waals surface area contributed by atoms with Gasteiger partial charge in [-0.05, 0) is 30.3 Å². The van der Waals surface area contributed by atoms with Crippen LogP contribution in [0.4, 0.5) is 5.69 Å². The lowest BCUT2D eigenvalue weighted by atomic mass is 10.1. The van der Waals surface area contributed by atoms with Gasteiger partial charge in [-0.3, -0.25) is 9.59 Å². The van der Waals surface area contributed by atoms with Gasteiger partial charge in [0.1, 0.15) is 12.4 Å². The summed E-state index contributed by atoms with van der Waals surface area (Å²) in [5.74, 6) is -0.456. The number of fused-ring (bicyclic) bond motifs is 1. The van der Waals surface area contributed by atoms with Gasteiger partial charge in [-0.25, -0.2) is 8.42 Å². The number of likely N-dealkylation sites (N-methyl/N-ethyl adjacent to an activating group) is 1. The van der Waals surface area contributed by atoms with Gasteiger partial charge in [-0.15, -0.1) is 0 Å². The molecule has 1 aliphatic heterocycles. The van der Waals surface area contributed by atoms with Crippen LogP contribution in [0.2, 0.25) is 0 Å². The number of amides is 2. The van der Waals surface area contributed by atoms with E-state index in [0.29, 0.717) is 30.2 Å². The number of benzene rings is 2. The average Bonchev–Trinajstić information content (AvgIpc) is 2.80. The van der Waals surface area contributed by atoms with Gasteiger partial charge in [0, 0.05) is 19.2 Å². The van der Waals surface area contributed by atoms with E-state index in [1.807, 2.05) is 0 Å². The predicted octanol–water partition coefficient (Wildman–Crippen LogP) is 1.95. The van der Waals surface area contributed by atoms with Gasteiger partial charge in [0.05, 0.1) is 22.8 Å². The molecule has 0 radical (unpaired) electrons. The van der Waals surface area contributed by atoms with E-state index in [-0.39, 0.29) is 23.0 Å². The predicted molar refractivity (Wildman–Crippen MR) is 101 cm³/mol. The summed E-state index contributed by atoms with van der Waals surface area (Å²) in [6, 6.07) is 12.8. The Morgan fingerprint density at radius 1 is 1.19 bits per heavy atom. The minimum atomic E-state index is -3.52. The first-order valence-electron chi connectivity index (χ1n) is 8.47. The van der Waals surface area contributed by atoms with Crippen LogP contribution >= 0.6 is 0 Å². The van der Waals surface area contributed by atoms with E-state index in [4.69, 9.17) is 4.74 Å². The molecule has 0 atom stereocenters. The Hall–Kier alpha value is -2.87. The normalized spacial score (nSPS) is 14.1. The first-order chi connectivity index (χ1) is 12.9. The SMILES string of the molecule is CN1CCOc2ccc(NC(=O)CCS(=O)(=O)c3ccccc3)cc2C1=O. The molecule has 0 unspecified atom stereocenters. The number of ether oxygens (including phenoxy) is 1. The highest BCUT2D eigenvalue weighted by molar-refractivity contribution is 7.91. The highest BCUT2D eigenvalue weighted by atomic mass is 32.2. The molecule has 142 valence electrons. The van der Waals surface area contributed by atoms with Crippen LogP contribution in [0.15, 0.2) is 53.4 Å². The highest BCUT2D eigenvalue weighted by Crippen LogP contribution is 2.26. The third kappa shape index (κ3) is 4.46. The van der Waals surface area contributed by atoms with E-state index in [9.17, 15) is 18.0 Å². The Balaban J connectivity index is 1.67. The van der Waals surface area contributed by atoms with Crippen LogP contribution in [0.1, 0.15) is 16.8 Å². The number of anilines is 1. The van der Waals surface area contributed by atoms with Crippen LogP contribution in [0, 0.1) is 0 Å². The molecule has 27 heavy (non-hydrogen) atoms. The number of nitrogens with zero attached hydrogens (tertiary/aromatic N) is 1. The third-order valence-electron chi connectivity index (χ3n) is 4.22. The molecule has 7 nitrogen and oxygen atoms in total. The second-order valence-electron chi connectivity index (χ2n) is 6.22. The zero-order valence-electron chi connectivity index (χ0n) is 14.8. The van der Waals surface area contributed by atoms with Crippen molar-refractivity contribution in [2.24, 2.45) is 0 Å². The van der Waals surface area contributed by atoms with Crippen molar-refractivity contribution in [3.05, 3.63) is 54.1 Å². The maximum Gasteiger partial charge on any atom is 0.257 e. The Bertz CT molecular complexity index is 957. The molecule has 8 heteroatoms. The van der Waals surface area contributed by atoms with Gasteiger partial charge in [-0.2, -0.15) is 0 Å². The molecule has 0 spiro atoms. The fourth-order valence-electron chi connectivity index (χ4n) is 2.70. The average molecular weight is 388 g/mol. The summed E-state index contributed by atoms with van der Waals surface area (Å²) in [5.41, 5.74) is 0.785. The lowest BCUT2D eigenvalue weighted by Gasteiger charge is -2.13. The monoisotopic (exact) mass is 388 g/mol. The standard InChI is InChI=1S/C19H20N2O5S/c1-21-10-11-26-17-8-7-14(13-16(17)19(21)23)20-18(22)9-12-27(24,25)15-5-3-2-4-6-15/h2-8,13H,9-12H2,1H3,(H,20,22). The zero-order valence-corrected chi connectivity index (χ0v) is 15.7. The molecule has 2 aromatic carbocycles. The van der Waals surface area contributed by atoms with Crippen molar-refractivity contribution in [2.75, 3.05) is 31.3 Å². The van der Waals surface area contributed by atoms with E-state index in [2.05, 4.69) is 5.32 Å². The maximum absolute atomic E-state index is 12.3. The molecule has 0 fully saturated rings. The molecule has 0 bridgehead atoms. The lowest BCUT2D eigenvalue weighted by Crippen LogP contribution is -2.27. The van der Waals surface area contributed by atoms with Crippen molar-refractivity contribution >= 4 is 27.3 Å². The smallest absolute Gasteiger partial charge is 0.257 e. The second kappa shape index (κ2) is 7.79. The molecule has 0 aromatic heterocycles. The molecular formula is C19H20N2O5S. The van der Waals surface area contributed by atoms with Gasteiger partial charge in [0.15, 0.2) is 9.84 Å². The largest absolute Gasteiger partial charge is 0.491 e. The fraction of sp³-hybridized carbons (Fsp3) is 0.263. The van der Waals surface area contributed by atoms with Gasteiger partial charge in [-0.1, -0.05) is 18.2 Å². The van der Waals surface area contributed by atoms with Crippen LogP contribution in [0.25, 0.3) is 0 Å². The van der Waals surface area contributed by atoms with Gasteiger partial charge >= 0.3 is 0 Å². The number of carbonyl (C=O) groups is 2. The lowest BCUT2D eigenvalue weighted by molar-refractivity contribution is -0.115. The molecule has 2 amide bonds. The number of hydrogen-bond donors (Lipinski definition) is 1. The van der Waals surface area contributed by atoms with E-state index in [1.54, 1.807) is 48.3 Å². The number of nitrogens with one attached hydrogen (secondary N) is 1. The van der Waals surface area contributed by atoms with Crippen molar-refractivity contribution in [3.8, 4) is 5.75 Å². The number of rotatable bonds is 5. The Labute approximate surface area is 157 Å². The summed E-state index contributed by atoms with van der Waals surface area (Å²) in [4.78, 5) is 26.2. The van der Waals surface area contributed by atoms with Crippen molar-refractivity contribution in [1.82, 2.24) is 4.90 Å². The Morgan fingerprint density at radius 2 is 1.93 bits per heavy atom. The molecular weight excluding hydrogens is 368 g/mol. The number of hydrogen-bond acceptors (Lipinski definition) is 5. The first-order valence-corrected chi connectivity index (χ1v) is 10.1. The zero-order chi connectivity index (χ0) is 19.4. The summed E-state index contributed by atoms with van der Waals surface area (Å²) in [6.07, 6.45) is -0.182. The van der Waals surface area contributed by atoms with Gasteiger partial charge < -0.3 is 15.0 Å². The third-order valence-corrected chi connectivity index (χ3v) is 5.96. The van der Waals surface area contributed by atoms with Crippen LogP contribution < -0.4 is 10.1 Å². The maximum atomic E-state index is 12.3. The van der Waals surface area contributed by atoms with E-state index in [1.165, 1.54) is 12.1 Å². The molecule has 0 aliphatic carbocycles. The number of sulfone groups is 1. The summed E-state index contributed by atoms with van der Waals surface area (Å²) in [5, 5.41) is 2.64. The van der Waals surface area contributed by atoms with Crippen LogP contribution in [-0.4, -0.2) is 51.1 Å². The molecule has 1 heterocycles. The molecule has 2 aromatic rings. The minimum Gasteiger partial charge on any atom is -0.491 e. The van der Waals surface area contributed by atoms with Crippen molar-refractivity contribution < 1.29 is 22.7 Å². The van der Waals surface area contributed by atoms with Crippen LogP contribution in [-0.2, 0) is 14.6 Å². The minimum absolute atomic E-state index is 0.182. The summed E-state index contributed by atoms with van der Waals surface area (Å²) >= 11 is 0. The van der Waals surface area contributed by atoms with Crippen LogP contribution in [0.5, 0.6) is 5.75 Å². The van der Waals surface area contributed by atoms with E-state index in [0.717, 1.165) is 0 Å². The van der Waals surface area contributed by atoms with E-state index >= 15 is 0 Å². The molecule has 0 saturated heterocycles. The summed E-state index contributed by atoms with van der Waals surface area (Å²) in [6.45, 7) is 0.880. The quantitative estimate of drug-likeness (QED) is 0.845. The second-order valence-corrected chi connectivity index (χ2v) is 8.33. The summed E-state index contributed by atoms with van der Waals surface area (Å²) in [7, 11) is -1.84. The topological polar surface area (TPSA) is 92.8 Å². The highest BCUT2D eigenvalue weighted by Gasteiger charge is 2.22. The first kappa shape index (κ1) is 18.9. The van der Waals surface area contributed by atoms with Gasteiger partial charge in [0.2, 0.25) is 5.91 Å². The van der Waals surface area contributed by atoms with Gasteiger partial charge in [0.25, 0.3) is 5.91 Å². The summed E-state index contributed by atoms with van der Waals surface area (Å²) < 4.78 is 30.0. The van der Waals surface area contributed by atoms with Crippen molar-refractivity contribution in [3.63, 3.8) is 0 Å². The van der Waals surface area contributed by atoms with Crippen molar-refractivity contribution in [1.29, 1.82) is 0 Å². The molecule has 3 rings (SSSR count). The van der Waals surface area contributed by atoms with Crippen LogP contribution in [0.3, 0.4) is 0 Å². The number of carbonyl (C=O) groups excluding carboxylic acids is 2. The molecule has 1 aliphatic rings. The Kier molecular flexibility index (Phi) is 5.46. The Morgan fingerprint density at radius 3 is 2.67 bits per heavy atom. The molecule has 1 N–H and O–H groups in total.